The van der Waals surface area contributed by atoms with Gasteiger partial charge in [0.15, 0.2) is 5.70 Å². The van der Waals surface area contributed by atoms with Gasteiger partial charge < -0.3 is 10.1 Å². The Morgan fingerprint density at radius 1 is 1.30 bits per heavy atom. The van der Waals surface area contributed by atoms with E-state index in [2.05, 4.69) is 20.7 Å². The van der Waals surface area contributed by atoms with Crippen molar-refractivity contribution in [2.75, 3.05) is 26.0 Å². The molecule has 8 nitrogen and oxygen atoms in total. The van der Waals surface area contributed by atoms with Crippen molar-refractivity contribution in [2.45, 2.75) is 13.8 Å². The molecule has 0 atom stereocenters. The summed E-state index contributed by atoms with van der Waals surface area (Å²) in [4.78, 5) is 32.9. The molecule has 0 bridgehead atoms. The molecule has 1 aliphatic heterocycles. The number of thioether (sulfide) groups is 1. The summed E-state index contributed by atoms with van der Waals surface area (Å²) in [7, 11) is 1.54. The van der Waals surface area contributed by atoms with Crippen LogP contribution in [0.3, 0.4) is 0 Å². The van der Waals surface area contributed by atoms with Crippen LogP contribution in [0, 0.1) is 0 Å². The van der Waals surface area contributed by atoms with Crippen LogP contribution in [0.2, 0.25) is 0 Å². The zero-order valence-corrected chi connectivity index (χ0v) is 16.4. The third kappa shape index (κ3) is 5.85. The zero-order chi connectivity index (χ0) is 19.6. The minimum absolute atomic E-state index is 0.0444. The normalized spacial score (nSPS) is 14.0. The van der Waals surface area contributed by atoms with Crippen LogP contribution >= 0.6 is 11.8 Å². The largest absolute Gasteiger partial charge is 0.465 e. The maximum atomic E-state index is 12.3. The Morgan fingerprint density at radius 3 is 2.67 bits per heavy atom. The van der Waals surface area contributed by atoms with E-state index in [4.69, 9.17) is 4.74 Å². The van der Waals surface area contributed by atoms with Gasteiger partial charge in [-0.15, -0.1) is 11.8 Å². The summed E-state index contributed by atoms with van der Waals surface area (Å²) in [5.74, 6) is 0.00492. The van der Waals surface area contributed by atoms with Crippen molar-refractivity contribution in [3.63, 3.8) is 0 Å². The van der Waals surface area contributed by atoms with Gasteiger partial charge in [0.25, 0.3) is 5.91 Å². The van der Waals surface area contributed by atoms with E-state index in [1.807, 2.05) is 37.3 Å². The van der Waals surface area contributed by atoms with Crippen LogP contribution in [-0.2, 0) is 14.3 Å². The Balaban J connectivity index is 2.38. The molecule has 0 aromatic heterocycles. The Hall–Kier alpha value is -2.81. The summed E-state index contributed by atoms with van der Waals surface area (Å²) in [5.41, 5.74) is 4.46. The Bertz CT molecular complexity index is 762. The number of benzene rings is 1. The highest BCUT2D eigenvalue weighted by Gasteiger charge is 2.25. The quantitative estimate of drug-likeness (QED) is 0.420. The molecule has 1 aliphatic rings. The maximum Gasteiger partial charge on any atom is 0.327 e. The summed E-state index contributed by atoms with van der Waals surface area (Å²) in [5, 5.41) is 4.65. The summed E-state index contributed by atoms with van der Waals surface area (Å²) >= 11 is 1.47. The molecule has 0 spiro atoms. The topological polar surface area (TPSA) is 95.4 Å². The number of ether oxygens (including phenoxy) is 1. The van der Waals surface area contributed by atoms with Crippen molar-refractivity contribution in [1.29, 1.82) is 0 Å². The van der Waals surface area contributed by atoms with Crippen LogP contribution in [0.25, 0.3) is 0 Å². The predicted octanol–water partition coefficient (Wildman–Crippen LogP) is 1.84. The molecule has 0 fully saturated rings. The average molecular weight is 389 g/mol. The molecule has 9 heteroatoms. The molecule has 144 valence electrons. The smallest absolute Gasteiger partial charge is 0.327 e. The van der Waals surface area contributed by atoms with Gasteiger partial charge in [-0.2, -0.15) is 0 Å². The molecule has 2 N–H and O–H groups in total. The van der Waals surface area contributed by atoms with E-state index >= 15 is 0 Å². The molecular weight excluding hydrogens is 366 g/mol. The molecule has 1 amide bonds. The van der Waals surface area contributed by atoms with Gasteiger partial charge in [0.1, 0.15) is 23.6 Å². The van der Waals surface area contributed by atoms with Crippen LogP contribution in [0.5, 0.6) is 0 Å². The number of hydrogen-bond donors (Lipinski definition) is 2. The SMILES string of the molecule is CCOC(=O)CN1C=NC(C(=O)NC)=C(C(=Nc2ccccc2)SCC)N1. The van der Waals surface area contributed by atoms with E-state index in [0.29, 0.717) is 17.3 Å². The van der Waals surface area contributed by atoms with Crippen molar-refractivity contribution < 1.29 is 14.3 Å². The standard InChI is InChI=1S/C18H23N5O3S/c1-4-26-14(24)11-23-12-20-15(17(25)19-3)16(22-23)18(27-5-2)21-13-9-7-6-8-10-13/h6-10,12,22H,4-5,11H2,1-3H3,(H,19,25). The van der Waals surface area contributed by atoms with E-state index < -0.39 is 5.97 Å². The minimum Gasteiger partial charge on any atom is -0.465 e. The highest BCUT2D eigenvalue weighted by molar-refractivity contribution is 8.14. The van der Waals surface area contributed by atoms with Crippen LogP contribution in [0.1, 0.15) is 13.8 Å². The van der Waals surface area contributed by atoms with E-state index in [1.165, 1.54) is 30.2 Å². The van der Waals surface area contributed by atoms with Gasteiger partial charge in [0.05, 0.1) is 12.3 Å². The van der Waals surface area contributed by atoms with Gasteiger partial charge in [-0.3, -0.25) is 20.0 Å². The molecule has 0 saturated carbocycles. The number of rotatable bonds is 7. The van der Waals surface area contributed by atoms with Crippen molar-refractivity contribution in [3.05, 3.63) is 41.7 Å². The molecule has 1 aromatic rings. The van der Waals surface area contributed by atoms with Gasteiger partial charge >= 0.3 is 5.97 Å². The lowest BCUT2D eigenvalue weighted by molar-refractivity contribution is -0.143. The Kier molecular flexibility index (Phi) is 7.87. The molecule has 27 heavy (non-hydrogen) atoms. The number of likely N-dealkylation sites (N-methyl/N-ethyl adjacent to an activating group) is 1. The van der Waals surface area contributed by atoms with Crippen molar-refractivity contribution in [2.24, 2.45) is 9.98 Å². The molecular formula is C18H23N5O3S. The first-order chi connectivity index (χ1) is 13.1. The van der Waals surface area contributed by atoms with E-state index in [0.717, 1.165) is 11.4 Å². The number of carbonyl (C=O) groups is 2. The van der Waals surface area contributed by atoms with Crippen LogP contribution in [0.4, 0.5) is 5.69 Å². The summed E-state index contributed by atoms with van der Waals surface area (Å²) < 4.78 is 4.97. The van der Waals surface area contributed by atoms with Gasteiger partial charge in [-0.1, -0.05) is 25.1 Å². The zero-order valence-electron chi connectivity index (χ0n) is 15.6. The first kappa shape index (κ1) is 20.5. The van der Waals surface area contributed by atoms with Gasteiger partial charge in [0, 0.05) is 7.05 Å². The van der Waals surface area contributed by atoms with Gasteiger partial charge in [-0.25, -0.2) is 9.98 Å². The Morgan fingerprint density at radius 2 is 2.04 bits per heavy atom. The van der Waals surface area contributed by atoms with Gasteiger partial charge in [0.2, 0.25) is 0 Å². The maximum absolute atomic E-state index is 12.3. The van der Waals surface area contributed by atoms with Gasteiger partial charge in [-0.05, 0) is 24.8 Å². The fourth-order valence-electron chi connectivity index (χ4n) is 2.20. The number of aliphatic imine (C=N–C) groups is 2. The number of hydrazine groups is 1. The lowest BCUT2D eigenvalue weighted by Gasteiger charge is -2.27. The number of nitrogens with zero attached hydrogens (tertiary/aromatic N) is 3. The van der Waals surface area contributed by atoms with E-state index in [-0.39, 0.29) is 18.1 Å². The molecule has 1 heterocycles. The fraction of sp³-hybridized carbons (Fsp3) is 0.333. The molecule has 0 aliphatic carbocycles. The molecule has 2 rings (SSSR count). The predicted molar refractivity (Wildman–Crippen MR) is 108 cm³/mol. The number of amides is 1. The summed E-state index contributed by atoms with van der Waals surface area (Å²) in [6.07, 6.45) is 1.39. The van der Waals surface area contributed by atoms with Crippen molar-refractivity contribution in [1.82, 2.24) is 15.8 Å². The second-order valence-electron chi connectivity index (χ2n) is 5.28. The second kappa shape index (κ2) is 10.4. The number of para-hydroxylation sites is 1. The van der Waals surface area contributed by atoms with Crippen molar-refractivity contribution >= 4 is 40.7 Å². The Labute approximate surface area is 162 Å². The monoisotopic (exact) mass is 389 g/mol. The number of esters is 1. The van der Waals surface area contributed by atoms with Crippen LogP contribution in [-0.4, -0.2) is 54.2 Å². The van der Waals surface area contributed by atoms with Crippen molar-refractivity contribution in [3.8, 4) is 0 Å². The fourth-order valence-corrected chi connectivity index (χ4v) is 2.93. The third-order valence-electron chi connectivity index (χ3n) is 3.35. The molecule has 0 radical (unpaired) electrons. The molecule has 1 aromatic carbocycles. The van der Waals surface area contributed by atoms with Crippen LogP contribution < -0.4 is 10.7 Å². The van der Waals surface area contributed by atoms with Crippen LogP contribution in [0.15, 0.2) is 51.7 Å². The highest BCUT2D eigenvalue weighted by Crippen LogP contribution is 2.22. The lowest BCUT2D eigenvalue weighted by Crippen LogP contribution is -2.45. The summed E-state index contributed by atoms with van der Waals surface area (Å²) in [6.45, 7) is 3.99. The third-order valence-corrected chi connectivity index (χ3v) is 4.20. The summed E-state index contributed by atoms with van der Waals surface area (Å²) in [6, 6.07) is 9.43. The lowest BCUT2D eigenvalue weighted by atomic mass is 10.3. The highest BCUT2D eigenvalue weighted by atomic mass is 32.2. The minimum atomic E-state index is -0.399. The number of carbonyl (C=O) groups excluding carboxylic acids is 2. The first-order valence-electron chi connectivity index (χ1n) is 8.55. The van der Waals surface area contributed by atoms with E-state index in [1.54, 1.807) is 6.92 Å². The molecule has 0 saturated heterocycles. The number of hydrogen-bond acceptors (Lipinski definition) is 8. The first-order valence-corrected chi connectivity index (χ1v) is 9.53. The number of nitrogens with one attached hydrogen (secondary N) is 2. The average Bonchev–Trinajstić information content (AvgIpc) is 2.68. The van der Waals surface area contributed by atoms with E-state index in [9.17, 15) is 9.59 Å². The molecule has 0 unspecified atom stereocenters. The second-order valence-corrected chi connectivity index (χ2v) is 6.53.